The van der Waals surface area contributed by atoms with Gasteiger partial charge >= 0.3 is 0 Å². The third kappa shape index (κ3) is 0.824. The summed E-state index contributed by atoms with van der Waals surface area (Å²) in [6, 6.07) is 3.65. The minimum Gasteiger partial charge on any atom is -0.454 e. The van der Waals surface area contributed by atoms with Crippen molar-refractivity contribution < 1.29 is 14.3 Å². The van der Waals surface area contributed by atoms with Crippen LogP contribution in [0.3, 0.4) is 0 Å². The number of amides is 1. The van der Waals surface area contributed by atoms with Crippen molar-refractivity contribution in [2.24, 2.45) is 0 Å². The summed E-state index contributed by atoms with van der Waals surface area (Å²) < 4.78 is 10.5. The molecule has 1 N–H and O–H groups in total. The molecule has 0 radical (unpaired) electrons. The molecule has 0 bridgehead atoms. The quantitative estimate of drug-likeness (QED) is 0.640. The number of anilines is 1. The molecule has 66 valence electrons. The van der Waals surface area contributed by atoms with Crippen molar-refractivity contribution in [3.05, 3.63) is 17.7 Å². The molecule has 0 spiro atoms. The van der Waals surface area contributed by atoms with E-state index in [4.69, 9.17) is 9.47 Å². The zero-order valence-electron chi connectivity index (χ0n) is 6.79. The van der Waals surface area contributed by atoms with Gasteiger partial charge in [0.05, 0.1) is 6.42 Å². The average Bonchev–Trinajstić information content (AvgIpc) is 2.65. The molecule has 1 aromatic rings. The van der Waals surface area contributed by atoms with Crippen LogP contribution in [0, 0.1) is 0 Å². The Kier molecular flexibility index (Phi) is 1.12. The highest BCUT2D eigenvalue weighted by molar-refractivity contribution is 6.00. The molecule has 0 saturated carbocycles. The number of rotatable bonds is 0. The monoisotopic (exact) mass is 177 g/mol. The Morgan fingerprint density at radius 3 is 3.15 bits per heavy atom. The summed E-state index contributed by atoms with van der Waals surface area (Å²) in [7, 11) is 0. The number of hydrogen-bond donors (Lipinski definition) is 1. The zero-order chi connectivity index (χ0) is 8.84. The van der Waals surface area contributed by atoms with Crippen LogP contribution in [0.25, 0.3) is 0 Å². The smallest absolute Gasteiger partial charge is 0.231 e. The van der Waals surface area contributed by atoms with E-state index < -0.39 is 0 Å². The predicted molar refractivity (Wildman–Crippen MR) is 44.9 cm³/mol. The average molecular weight is 177 g/mol. The van der Waals surface area contributed by atoms with E-state index in [1.165, 1.54) is 0 Å². The van der Waals surface area contributed by atoms with Crippen LogP contribution in [0.1, 0.15) is 5.56 Å². The van der Waals surface area contributed by atoms with Crippen LogP contribution in [-0.4, -0.2) is 12.7 Å². The summed E-state index contributed by atoms with van der Waals surface area (Å²) in [6.07, 6.45) is 0.391. The number of nitrogens with one attached hydrogen (secondary N) is 1. The predicted octanol–water partition coefficient (Wildman–Crippen LogP) is 0.910. The lowest BCUT2D eigenvalue weighted by atomic mass is 10.1. The van der Waals surface area contributed by atoms with Gasteiger partial charge < -0.3 is 14.8 Å². The summed E-state index contributed by atoms with van der Waals surface area (Å²) in [5.41, 5.74) is 1.76. The summed E-state index contributed by atoms with van der Waals surface area (Å²) in [6.45, 7) is 0.250. The van der Waals surface area contributed by atoms with Gasteiger partial charge in [0.1, 0.15) is 0 Å². The van der Waals surface area contributed by atoms with E-state index in [9.17, 15) is 4.79 Å². The molecule has 0 fully saturated rings. The number of benzene rings is 1. The van der Waals surface area contributed by atoms with E-state index in [0.29, 0.717) is 6.42 Å². The van der Waals surface area contributed by atoms with Gasteiger partial charge in [-0.1, -0.05) is 0 Å². The molecule has 1 amide bonds. The fraction of sp³-hybridized carbons (Fsp3) is 0.222. The van der Waals surface area contributed by atoms with E-state index in [1.54, 1.807) is 0 Å². The third-order valence-electron chi connectivity index (χ3n) is 2.25. The van der Waals surface area contributed by atoms with Gasteiger partial charge in [-0.3, -0.25) is 4.79 Å². The van der Waals surface area contributed by atoms with Gasteiger partial charge in [0, 0.05) is 11.3 Å². The first-order valence-electron chi connectivity index (χ1n) is 4.06. The Balaban J connectivity index is 2.21. The van der Waals surface area contributed by atoms with Crippen molar-refractivity contribution in [2.45, 2.75) is 6.42 Å². The highest BCUT2D eigenvalue weighted by atomic mass is 16.7. The molecule has 13 heavy (non-hydrogen) atoms. The first-order chi connectivity index (χ1) is 6.34. The van der Waals surface area contributed by atoms with Crippen molar-refractivity contribution in [1.82, 2.24) is 0 Å². The molecule has 0 atom stereocenters. The molecule has 0 aliphatic carbocycles. The van der Waals surface area contributed by atoms with Gasteiger partial charge in [-0.2, -0.15) is 0 Å². The number of ether oxygens (including phenoxy) is 2. The van der Waals surface area contributed by atoms with Crippen LogP contribution in [0.15, 0.2) is 12.1 Å². The second-order valence-corrected chi connectivity index (χ2v) is 3.05. The Labute approximate surface area is 74.5 Å². The maximum Gasteiger partial charge on any atom is 0.231 e. The first kappa shape index (κ1) is 6.77. The fourth-order valence-corrected chi connectivity index (χ4v) is 1.68. The van der Waals surface area contributed by atoms with Crippen LogP contribution in [0.2, 0.25) is 0 Å². The van der Waals surface area contributed by atoms with Gasteiger partial charge in [-0.25, -0.2) is 0 Å². The Morgan fingerprint density at radius 1 is 1.31 bits per heavy atom. The summed E-state index contributed by atoms with van der Waals surface area (Å²) in [5, 5.41) is 2.75. The summed E-state index contributed by atoms with van der Waals surface area (Å²) >= 11 is 0. The maximum atomic E-state index is 11.1. The number of hydrogen-bond acceptors (Lipinski definition) is 3. The van der Waals surface area contributed by atoms with Gasteiger partial charge in [-0.15, -0.1) is 0 Å². The summed E-state index contributed by atoms with van der Waals surface area (Å²) in [5.74, 6) is 1.46. The lowest BCUT2D eigenvalue weighted by Crippen LogP contribution is -2.03. The van der Waals surface area contributed by atoms with Crippen molar-refractivity contribution in [3.8, 4) is 11.5 Å². The third-order valence-corrected chi connectivity index (χ3v) is 2.25. The SMILES string of the molecule is O=C1Cc2c(ccc3c2OCO3)N1. The molecule has 3 rings (SSSR count). The molecular weight excluding hydrogens is 170 g/mol. The molecule has 0 aromatic heterocycles. The van der Waals surface area contributed by atoms with Gasteiger partial charge in [0.2, 0.25) is 12.7 Å². The Hall–Kier alpha value is -1.71. The second kappa shape index (κ2) is 2.16. The largest absolute Gasteiger partial charge is 0.454 e. The maximum absolute atomic E-state index is 11.1. The van der Waals surface area contributed by atoms with Gasteiger partial charge in [0.25, 0.3) is 0 Å². The minimum absolute atomic E-state index is 0.0129. The molecule has 0 saturated heterocycles. The molecule has 1 aromatic carbocycles. The topological polar surface area (TPSA) is 47.6 Å². The van der Waals surface area contributed by atoms with Crippen LogP contribution in [-0.2, 0) is 11.2 Å². The molecule has 4 heteroatoms. The minimum atomic E-state index is 0.0129. The molecule has 2 aliphatic rings. The highest BCUT2D eigenvalue weighted by Gasteiger charge is 2.27. The molecular formula is C9H7NO3. The van der Waals surface area contributed by atoms with E-state index in [1.807, 2.05) is 12.1 Å². The van der Waals surface area contributed by atoms with Crippen LogP contribution in [0.5, 0.6) is 11.5 Å². The van der Waals surface area contributed by atoms with Crippen molar-refractivity contribution >= 4 is 11.6 Å². The second-order valence-electron chi connectivity index (χ2n) is 3.05. The lowest BCUT2D eigenvalue weighted by Gasteiger charge is -2.01. The molecule has 4 nitrogen and oxygen atoms in total. The van der Waals surface area contributed by atoms with Crippen LogP contribution >= 0.6 is 0 Å². The standard InChI is InChI=1S/C9H7NO3/c11-8-3-5-6(10-8)1-2-7-9(5)13-4-12-7/h1-2H,3-4H2,(H,10,11). The number of carbonyl (C=O) groups excluding carboxylic acids is 1. The van der Waals surface area contributed by atoms with Crippen molar-refractivity contribution in [2.75, 3.05) is 12.1 Å². The molecule has 2 heterocycles. The van der Waals surface area contributed by atoms with Crippen molar-refractivity contribution in [3.63, 3.8) is 0 Å². The molecule has 0 unspecified atom stereocenters. The van der Waals surface area contributed by atoms with Gasteiger partial charge in [-0.05, 0) is 12.1 Å². The Bertz CT molecular complexity index is 400. The number of fused-ring (bicyclic) bond motifs is 3. The van der Waals surface area contributed by atoms with Crippen LogP contribution < -0.4 is 14.8 Å². The van der Waals surface area contributed by atoms with Crippen LogP contribution in [0.4, 0.5) is 5.69 Å². The van der Waals surface area contributed by atoms with Crippen molar-refractivity contribution in [1.29, 1.82) is 0 Å². The van der Waals surface area contributed by atoms with E-state index in [2.05, 4.69) is 5.32 Å². The molecule has 2 aliphatic heterocycles. The summed E-state index contributed by atoms with van der Waals surface area (Å²) in [4.78, 5) is 11.1. The highest BCUT2D eigenvalue weighted by Crippen LogP contribution is 2.41. The fourth-order valence-electron chi connectivity index (χ4n) is 1.68. The lowest BCUT2D eigenvalue weighted by molar-refractivity contribution is -0.115. The Morgan fingerprint density at radius 2 is 2.23 bits per heavy atom. The first-order valence-corrected chi connectivity index (χ1v) is 4.06. The number of carbonyl (C=O) groups is 1. The zero-order valence-corrected chi connectivity index (χ0v) is 6.79. The van der Waals surface area contributed by atoms with E-state index in [0.717, 1.165) is 22.7 Å². The van der Waals surface area contributed by atoms with E-state index in [-0.39, 0.29) is 12.7 Å². The van der Waals surface area contributed by atoms with E-state index >= 15 is 0 Å². The normalized spacial score (nSPS) is 17.1. The van der Waals surface area contributed by atoms with Gasteiger partial charge in [0.15, 0.2) is 11.5 Å².